The molecule has 0 atom stereocenters. The van der Waals surface area contributed by atoms with Gasteiger partial charge < -0.3 is 10.5 Å². The number of hydrogen-bond donors (Lipinski definition) is 1. The minimum Gasteiger partial charge on any atom is -0.494 e. The summed E-state index contributed by atoms with van der Waals surface area (Å²) in [5.41, 5.74) is 5.79. The van der Waals surface area contributed by atoms with E-state index in [4.69, 9.17) is 22.1 Å². The molecule has 0 spiro atoms. The average molecular weight is 345 g/mol. The molecule has 0 fully saturated rings. The zero-order valence-corrected chi connectivity index (χ0v) is 13.7. The molecule has 3 aromatic rings. The highest BCUT2D eigenvalue weighted by Gasteiger charge is 2.05. The quantitative estimate of drug-likeness (QED) is 0.549. The zero-order valence-electron chi connectivity index (χ0n) is 13.0. The number of nitrogens with zero attached hydrogens (tertiary/aromatic N) is 3. The SMILES string of the molecule is Nc1ccn(-c2ccc3ccc(OCCCCCl)cc3n2)c(=O)n1. The molecule has 7 heteroatoms. The maximum atomic E-state index is 11.9. The monoisotopic (exact) mass is 344 g/mol. The summed E-state index contributed by atoms with van der Waals surface area (Å²) in [4.78, 5) is 20.2. The Bertz CT molecular complexity index is 910. The van der Waals surface area contributed by atoms with E-state index in [1.54, 1.807) is 18.3 Å². The molecular weight excluding hydrogens is 328 g/mol. The minimum absolute atomic E-state index is 0.185. The van der Waals surface area contributed by atoms with Gasteiger partial charge >= 0.3 is 5.69 Å². The number of nitrogen functional groups attached to an aromatic ring is 1. The summed E-state index contributed by atoms with van der Waals surface area (Å²) >= 11 is 5.65. The van der Waals surface area contributed by atoms with Gasteiger partial charge in [0.1, 0.15) is 17.4 Å². The molecule has 0 aliphatic carbocycles. The molecule has 0 unspecified atom stereocenters. The van der Waals surface area contributed by atoms with Crippen molar-refractivity contribution in [2.75, 3.05) is 18.2 Å². The van der Waals surface area contributed by atoms with E-state index in [1.165, 1.54) is 4.57 Å². The van der Waals surface area contributed by atoms with Crippen LogP contribution in [0.1, 0.15) is 12.8 Å². The molecule has 0 radical (unpaired) electrons. The van der Waals surface area contributed by atoms with E-state index in [-0.39, 0.29) is 5.82 Å². The molecule has 1 aromatic carbocycles. The predicted octanol–water partition coefficient (Wildman–Crippen LogP) is 2.76. The van der Waals surface area contributed by atoms with E-state index in [0.29, 0.717) is 18.3 Å². The number of halogens is 1. The van der Waals surface area contributed by atoms with Crippen molar-refractivity contribution in [1.29, 1.82) is 0 Å². The fourth-order valence-electron chi connectivity index (χ4n) is 2.29. The molecule has 24 heavy (non-hydrogen) atoms. The van der Waals surface area contributed by atoms with E-state index in [0.717, 1.165) is 29.5 Å². The lowest BCUT2D eigenvalue weighted by molar-refractivity contribution is 0.310. The van der Waals surface area contributed by atoms with Gasteiger partial charge in [0.25, 0.3) is 0 Å². The summed E-state index contributed by atoms with van der Waals surface area (Å²) in [7, 11) is 0. The molecule has 3 rings (SSSR count). The number of hydrogen-bond acceptors (Lipinski definition) is 5. The van der Waals surface area contributed by atoms with Gasteiger partial charge in [-0.3, -0.25) is 4.57 Å². The molecule has 0 amide bonds. The van der Waals surface area contributed by atoms with E-state index < -0.39 is 5.69 Å². The van der Waals surface area contributed by atoms with Crippen LogP contribution in [0.2, 0.25) is 0 Å². The second-order valence-corrected chi connectivity index (χ2v) is 5.65. The molecule has 2 N–H and O–H groups in total. The van der Waals surface area contributed by atoms with Crippen molar-refractivity contribution < 1.29 is 4.74 Å². The molecule has 0 aliphatic heterocycles. The van der Waals surface area contributed by atoms with Gasteiger partial charge in [-0.15, -0.1) is 11.6 Å². The van der Waals surface area contributed by atoms with Crippen LogP contribution in [0.25, 0.3) is 16.7 Å². The predicted molar refractivity (Wildman–Crippen MR) is 95.0 cm³/mol. The van der Waals surface area contributed by atoms with Gasteiger partial charge in [-0.1, -0.05) is 0 Å². The number of aromatic nitrogens is 3. The van der Waals surface area contributed by atoms with Crippen LogP contribution in [0.4, 0.5) is 5.82 Å². The number of benzene rings is 1. The fourth-order valence-corrected chi connectivity index (χ4v) is 2.48. The molecule has 0 bridgehead atoms. The molecule has 2 heterocycles. The summed E-state index contributed by atoms with van der Waals surface area (Å²) in [6.45, 7) is 0.610. The van der Waals surface area contributed by atoms with E-state index in [9.17, 15) is 4.79 Å². The minimum atomic E-state index is -0.463. The van der Waals surface area contributed by atoms with Gasteiger partial charge in [0.05, 0.1) is 12.1 Å². The summed E-state index contributed by atoms with van der Waals surface area (Å²) < 4.78 is 7.06. The van der Waals surface area contributed by atoms with Crippen LogP contribution >= 0.6 is 11.6 Å². The number of pyridine rings is 1. The Morgan fingerprint density at radius 1 is 1.12 bits per heavy atom. The number of ether oxygens (including phenoxy) is 1. The maximum Gasteiger partial charge on any atom is 0.355 e. The van der Waals surface area contributed by atoms with Crippen LogP contribution < -0.4 is 16.2 Å². The van der Waals surface area contributed by atoms with Crippen LogP contribution in [-0.2, 0) is 0 Å². The molecule has 0 saturated heterocycles. The molecule has 2 aromatic heterocycles. The fraction of sp³-hybridized carbons (Fsp3) is 0.235. The average Bonchev–Trinajstić information content (AvgIpc) is 2.58. The number of fused-ring (bicyclic) bond motifs is 1. The van der Waals surface area contributed by atoms with Crippen molar-refractivity contribution in [1.82, 2.24) is 14.5 Å². The standard InChI is InChI=1S/C17H17ClN4O2/c18-8-1-2-10-24-13-5-3-12-4-6-16(20-14(12)11-13)22-9-7-15(19)21-17(22)23/h3-7,9,11H,1-2,8,10H2,(H2,19,21,23). The second-order valence-electron chi connectivity index (χ2n) is 5.27. The summed E-state index contributed by atoms with van der Waals surface area (Å²) in [6.07, 6.45) is 3.39. The Balaban J connectivity index is 1.90. The largest absolute Gasteiger partial charge is 0.494 e. The van der Waals surface area contributed by atoms with Crippen LogP contribution in [0.5, 0.6) is 5.75 Å². The number of anilines is 1. The first-order chi connectivity index (χ1) is 11.7. The maximum absolute atomic E-state index is 11.9. The van der Waals surface area contributed by atoms with Crippen molar-refractivity contribution in [2.45, 2.75) is 12.8 Å². The lowest BCUT2D eigenvalue weighted by Gasteiger charge is -2.08. The van der Waals surface area contributed by atoms with Crippen molar-refractivity contribution in [2.24, 2.45) is 0 Å². The van der Waals surface area contributed by atoms with Crippen LogP contribution in [-0.4, -0.2) is 27.0 Å². The highest BCUT2D eigenvalue weighted by molar-refractivity contribution is 6.17. The highest BCUT2D eigenvalue weighted by atomic mass is 35.5. The lowest BCUT2D eigenvalue weighted by atomic mass is 10.2. The Kier molecular flexibility index (Phi) is 4.96. The van der Waals surface area contributed by atoms with Crippen molar-refractivity contribution >= 4 is 28.3 Å². The molecule has 0 saturated carbocycles. The summed E-state index contributed by atoms with van der Waals surface area (Å²) in [5.74, 6) is 2.05. The molecular formula is C17H17ClN4O2. The van der Waals surface area contributed by atoms with Crippen LogP contribution in [0.15, 0.2) is 47.4 Å². The van der Waals surface area contributed by atoms with Gasteiger partial charge in [-0.2, -0.15) is 4.98 Å². The first-order valence-corrected chi connectivity index (χ1v) is 8.16. The second kappa shape index (κ2) is 7.31. The number of alkyl halides is 1. The van der Waals surface area contributed by atoms with Crippen molar-refractivity contribution in [3.8, 4) is 11.6 Å². The first kappa shape index (κ1) is 16.3. The normalized spacial score (nSPS) is 10.9. The van der Waals surface area contributed by atoms with Crippen molar-refractivity contribution in [3.05, 3.63) is 53.1 Å². The van der Waals surface area contributed by atoms with Gasteiger partial charge in [0.15, 0.2) is 0 Å². The highest BCUT2D eigenvalue weighted by Crippen LogP contribution is 2.21. The smallest absolute Gasteiger partial charge is 0.355 e. The Morgan fingerprint density at radius 3 is 2.75 bits per heavy atom. The number of rotatable bonds is 6. The molecule has 124 valence electrons. The van der Waals surface area contributed by atoms with Crippen molar-refractivity contribution in [3.63, 3.8) is 0 Å². The van der Waals surface area contributed by atoms with Crippen LogP contribution in [0.3, 0.4) is 0 Å². The van der Waals surface area contributed by atoms with Gasteiger partial charge in [-0.25, -0.2) is 9.78 Å². The number of unbranched alkanes of at least 4 members (excludes halogenated alkanes) is 1. The Labute approximate surface area is 143 Å². The first-order valence-electron chi connectivity index (χ1n) is 7.62. The van der Waals surface area contributed by atoms with E-state index >= 15 is 0 Å². The molecule has 6 nitrogen and oxygen atoms in total. The third kappa shape index (κ3) is 3.65. The van der Waals surface area contributed by atoms with Crippen LogP contribution in [0, 0.1) is 0 Å². The zero-order chi connectivity index (χ0) is 16.9. The van der Waals surface area contributed by atoms with E-state index in [2.05, 4.69) is 9.97 Å². The third-order valence-electron chi connectivity index (χ3n) is 3.52. The lowest BCUT2D eigenvalue weighted by Crippen LogP contribution is -2.22. The Morgan fingerprint density at radius 2 is 1.96 bits per heavy atom. The summed E-state index contributed by atoms with van der Waals surface area (Å²) in [6, 6.07) is 10.9. The topological polar surface area (TPSA) is 83.0 Å². The third-order valence-corrected chi connectivity index (χ3v) is 3.78. The van der Waals surface area contributed by atoms with Gasteiger partial charge in [-0.05, 0) is 43.2 Å². The molecule has 0 aliphatic rings. The number of nitrogens with two attached hydrogens (primary N) is 1. The summed E-state index contributed by atoms with van der Waals surface area (Å²) in [5, 5.41) is 0.961. The Hall–Kier alpha value is -2.60. The van der Waals surface area contributed by atoms with Gasteiger partial charge in [0, 0.05) is 23.5 Å². The van der Waals surface area contributed by atoms with E-state index in [1.807, 2.05) is 24.3 Å². The van der Waals surface area contributed by atoms with Gasteiger partial charge in [0.2, 0.25) is 0 Å².